The summed E-state index contributed by atoms with van der Waals surface area (Å²) in [6.07, 6.45) is 0. The Hall–Kier alpha value is -1.09. The predicted octanol–water partition coefficient (Wildman–Crippen LogP) is 3.23. The highest BCUT2D eigenvalue weighted by atomic mass is 127. The standard InChI is InChI=1S/C14H20N4OS.HI/c1-4-15-14(16-7-12-5-6-20-9-12)17-8-13-10(2)18-19-11(13)3;/h5-6,9H,4,7-8H2,1-3H3,(H2,15,16,17);1H. The molecule has 2 aromatic rings. The van der Waals surface area contributed by atoms with Gasteiger partial charge in [-0.3, -0.25) is 0 Å². The van der Waals surface area contributed by atoms with Crippen LogP contribution in [0.15, 0.2) is 26.3 Å². The first kappa shape index (κ1) is 18.0. The summed E-state index contributed by atoms with van der Waals surface area (Å²) in [6.45, 7) is 8.10. The van der Waals surface area contributed by atoms with Crippen molar-refractivity contribution in [1.29, 1.82) is 0 Å². The molecule has 0 radical (unpaired) electrons. The highest BCUT2D eigenvalue weighted by molar-refractivity contribution is 14.0. The second-order valence-electron chi connectivity index (χ2n) is 4.48. The largest absolute Gasteiger partial charge is 0.361 e. The van der Waals surface area contributed by atoms with E-state index in [4.69, 9.17) is 4.52 Å². The van der Waals surface area contributed by atoms with Crippen molar-refractivity contribution >= 4 is 41.3 Å². The quantitative estimate of drug-likeness (QED) is 0.443. The first-order valence-electron chi connectivity index (χ1n) is 6.65. The van der Waals surface area contributed by atoms with Crippen LogP contribution in [0.4, 0.5) is 0 Å². The number of hydrogen-bond donors (Lipinski definition) is 2. The zero-order valence-corrected chi connectivity index (χ0v) is 15.6. The van der Waals surface area contributed by atoms with Crippen molar-refractivity contribution in [3.05, 3.63) is 39.4 Å². The van der Waals surface area contributed by atoms with Gasteiger partial charge in [0.25, 0.3) is 0 Å². The van der Waals surface area contributed by atoms with Crippen molar-refractivity contribution in [2.45, 2.75) is 33.9 Å². The number of nitrogens with one attached hydrogen (secondary N) is 2. The van der Waals surface area contributed by atoms with E-state index in [9.17, 15) is 0 Å². The number of halogens is 1. The SMILES string of the molecule is CCNC(=NCc1ccsc1)NCc1c(C)noc1C.I. The Morgan fingerprint density at radius 3 is 2.76 bits per heavy atom. The molecule has 0 aromatic carbocycles. The topological polar surface area (TPSA) is 62.5 Å². The second-order valence-corrected chi connectivity index (χ2v) is 5.26. The van der Waals surface area contributed by atoms with Crippen LogP contribution in [0.2, 0.25) is 0 Å². The maximum Gasteiger partial charge on any atom is 0.191 e. The smallest absolute Gasteiger partial charge is 0.191 e. The van der Waals surface area contributed by atoms with Gasteiger partial charge in [0.2, 0.25) is 0 Å². The molecule has 2 aromatic heterocycles. The third kappa shape index (κ3) is 5.31. The predicted molar refractivity (Wildman–Crippen MR) is 97.4 cm³/mol. The summed E-state index contributed by atoms with van der Waals surface area (Å²) in [6, 6.07) is 2.09. The van der Waals surface area contributed by atoms with Gasteiger partial charge in [0, 0.05) is 18.7 Å². The van der Waals surface area contributed by atoms with E-state index in [-0.39, 0.29) is 24.0 Å². The van der Waals surface area contributed by atoms with Gasteiger partial charge in [0.15, 0.2) is 5.96 Å². The molecular weight excluding hydrogens is 399 g/mol. The second kappa shape index (κ2) is 9.04. The Labute approximate surface area is 146 Å². The molecule has 0 atom stereocenters. The normalized spacial score (nSPS) is 11.1. The molecule has 0 bridgehead atoms. The van der Waals surface area contributed by atoms with Gasteiger partial charge in [-0.05, 0) is 43.2 Å². The summed E-state index contributed by atoms with van der Waals surface area (Å²) >= 11 is 1.69. The molecule has 5 nitrogen and oxygen atoms in total. The highest BCUT2D eigenvalue weighted by Crippen LogP contribution is 2.11. The van der Waals surface area contributed by atoms with Gasteiger partial charge in [0.05, 0.1) is 12.2 Å². The average molecular weight is 420 g/mol. The molecule has 0 fully saturated rings. The van der Waals surface area contributed by atoms with E-state index in [0.717, 1.165) is 29.5 Å². The van der Waals surface area contributed by atoms with Crippen LogP contribution in [-0.4, -0.2) is 17.7 Å². The minimum Gasteiger partial charge on any atom is -0.361 e. The molecule has 2 rings (SSSR count). The number of nitrogens with zero attached hydrogens (tertiary/aromatic N) is 2. The molecule has 116 valence electrons. The molecule has 0 saturated carbocycles. The number of thiophene rings is 1. The summed E-state index contributed by atoms with van der Waals surface area (Å²) < 4.78 is 5.16. The van der Waals surface area contributed by atoms with Gasteiger partial charge in [-0.25, -0.2) is 4.99 Å². The van der Waals surface area contributed by atoms with Crippen molar-refractivity contribution in [3.63, 3.8) is 0 Å². The molecule has 2 N–H and O–H groups in total. The first-order chi connectivity index (χ1) is 9.70. The zero-order valence-electron chi connectivity index (χ0n) is 12.5. The number of aryl methyl sites for hydroxylation is 2. The molecule has 21 heavy (non-hydrogen) atoms. The summed E-state index contributed by atoms with van der Waals surface area (Å²) in [5, 5.41) is 14.7. The van der Waals surface area contributed by atoms with Crippen LogP contribution in [0.1, 0.15) is 29.5 Å². The van der Waals surface area contributed by atoms with Crippen molar-refractivity contribution in [3.8, 4) is 0 Å². The summed E-state index contributed by atoms with van der Waals surface area (Å²) in [5.74, 6) is 1.65. The Balaban J connectivity index is 0.00000220. The number of aliphatic imine (C=N–C) groups is 1. The zero-order chi connectivity index (χ0) is 14.4. The van der Waals surface area contributed by atoms with Gasteiger partial charge in [-0.15, -0.1) is 24.0 Å². The Morgan fingerprint density at radius 1 is 1.38 bits per heavy atom. The van der Waals surface area contributed by atoms with E-state index >= 15 is 0 Å². The van der Waals surface area contributed by atoms with Crippen LogP contribution in [0.3, 0.4) is 0 Å². The number of guanidine groups is 1. The summed E-state index contributed by atoms with van der Waals surface area (Å²) in [4.78, 5) is 4.56. The number of aromatic nitrogens is 1. The molecule has 0 saturated heterocycles. The molecule has 7 heteroatoms. The van der Waals surface area contributed by atoms with E-state index in [2.05, 4.69) is 44.5 Å². The van der Waals surface area contributed by atoms with E-state index in [1.165, 1.54) is 5.56 Å². The lowest BCUT2D eigenvalue weighted by Gasteiger charge is -2.10. The van der Waals surface area contributed by atoms with Crippen LogP contribution in [0.25, 0.3) is 0 Å². The van der Waals surface area contributed by atoms with E-state index in [1.807, 2.05) is 13.8 Å². The molecule has 0 spiro atoms. The molecule has 0 aliphatic heterocycles. The molecule has 0 unspecified atom stereocenters. The van der Waals surface area contributed by atoms with Crippen LogP contribution >= 0.6 is 35.3 Å². The molecule has 2 heterocycles. The van der Waals surface area contributed by atoms with Gasteiger partial charge in [-0.2, -0.15) is 11.3 Å². The van der Waals surface area contributed by atoms with Crippen LogP contribution in [-0.2, 0) is 13.1 Å². The van der Waals surface area contributed by atoms with Gasteiger partial charge >= 0.3 is 0 Å². The molecule has 0 aliphatic rings. The van der Waals surface area contributed by atoms with Crippen molar-refractivity contribution < 1.29 is 4.52 Å². The van der Waals surface area contributed by atoms with Crippen molar-refractivity contribution in [1.82, 2.24) is 15.8 Å². The summed E-state index contributed by atoms with van der Waals surface area (Å²) in [7, 11) is 0. The molecule has 0 amide bonds. The number of hydrogen-bond acceptors (Lipinski definition) is 4. The third-order valence-corrected chi connectivity index (χ3v) is 3.69. The minimum atomic E-state index is 0. The molecular formula is C14H21IN4OS. The first-order valence-corrected chi connectivity index (χ1v) is 7.60. The fraction of sp³-hybridized carbons (Fsp3) is 0.429. The monoisotopic (exact) mass is 420 g/mol. The fourth-order valence-electron chi connectivity index (χ4n) is 1.82. The van der Waals surface area contributed by atoms with Gasteiger partial charge in [0.1, 0.15) is 5.76 Å². The lowest BCUT2D eigenvalue weighted by Crippen LogP contribution is -2.37. The number of rotatable bonds is 5. The maximum atomic E-state index is 5.16. The van der Waals surface area contributed by atoms with E-state index < -0.39 is 0 Å². The van der Waals surface area contributed by atoms with Crippen LogP contribution in [0, 0.1) is 13.8 Å². The van der Waals surface area contributed by atoms with Crippen LogP contribution in [0.5, 0.6) is 0 Å². The Morgan fingerprint density at radius 2 is 2.19 bits per heavy atom. The Bertz CT molecular complexity index is 546. The van der Waals surface area contributed by atoms with Crippen LogP contribution < -0.4 is 10.6 Å². The highest BCUT2D eigenvalue weighted by Gasteiger charge is 2.09. The average Bonchev–Trinajstić information content (AvgIpc) is 3.05. The molecule has 0 aliphatic carbocycles. The summed E-state index contributed by atoms with van der Waals surface area (Å²) in [5.41, 5.74) is 3.24. The van der Waals surface area contributed by atoms with E-state index in [0.29, 0.717) is 13.1 Å². The maximum absolute atomic E-state index is 5.16. The Kier molecular flexibility index (Phi) is 7.73. The van der Waals surface area contributed by atoms with Crippen molar-refractivity contribution in [2.75, 3.05) is 6.54 Å². The van der Waals surface area contributed by atoms with Crippen molar-refractivity contribution in [2.24, 2.45) is 4.99 Å². The van der Waals surface area contributed by atoms with Gasteiger partial charge in [-0.1, -0.05) is 5.16 Å². The lowest BCUT2D eigenvalue weighted by atomic mass is 10.2. The fourth-order valence-corrected chi connectivity index (χ4v) is 2.48. The minimum absolute atomic E-state index is 0. The lowest BCUT2D eigenvalue weighted by molar-refractivity contribution is 0.392. The van der Waals surface area contributed by atoms with Gasteiger partial charge < -0.3 is 15.2 Å². The van der Waals surface area contributed by atoms with E-state index in [1.54, 1.807) is 11.3 Å². The third-order valence-electron chi connectivity index (χ3n) is 2.96.